The molecule has 0 unspecified atom stereocenters. The van der Waals surface area contributed by atoms with Gasteiger partial charge in [-0.15, -0.1) is 0 Å². The van der Waals surface area contributed by atoms with E-state index in [0.717, 1.165) is 43.5 Å². The van der Waals surface area contributed by atoms with Crippen molar-refractivity contribution in [1.82, 2.24) is 4.90 Å². The summed E-state index contributed by atoms with van der Waals surface area (Å²) in [5.41, 5.74) is 8.76. The third kappa shape index (κ3) is 4.36. The van der Waals surface area contributed by atoms with E-state index in [9.17, 15) is 5.11 Å². The summed E-state index contributed by atoms with van der Waals surface area (Å²) < 4.78 is 0. The number of rotatable bonds is 6. The number of phenols is 1. The molecule has 0 fully saturated rings. The van der Waals surface area contributed by atoms with Gasteiger partial charge in [-0.05, 0) is 52.4 Å². The van der Waals surface area contributed by atoms with Crippen LogP contribution in [-0.4, -0.2) is 30.6 Å². The first-order valence-corrected chi connectivity index (χ1v) is 6.20. The second-order valence-corrected chi connectivity index (χ2v) is 4.92. The molecule has 1 rings (SSSR count). The van der Waals surface area contributed by atoms with Crippen LogP contribution in [0.15, 0.2) is 12.1 Å². The van der Waals surface area contributed by atoms with Gasteiger partial charge in [-0.2, -0.15) is 0 Å². The average molecular weight is 236 g/mol. The van der Waals surface area contributed by atoms with Gasteiger partial charge in [0.2, 0.25) is 0 Å². The molecule has 17 heavy (non-hydrogen) atoms. The monoisotopic (exact) mass is 236 g/mol. The summed E-state index contributed by atoms with van der Waals surface area (Å²) in [7, 11) is 4.02. The minimum Gasteiger partial charge on any atom is -0.507 e. The van der Waals surface area contributed by atoms with Crippen LogP contribution in [0.25, 0.3) is 0 Å². The molecule has 0 saturated carbocycles. The van der Waals surface area contributed by atoms with Crippen LogP contribution in [0.5, 0.6) is 5.75 Å². The topological polar surface area (TPSA) is 49.5 Å². The third-order valence-electron chi connectivity index (χ3n) is 2.80. The van der Waals surface area contributed by atoms with Crippen molar-refractivity contribution in [3.63, 3.8) is 0 Å². The smallest absolute Gasteiger partial charge is 0.123 e. The average Bonchev–Trinajstić information content (AvgIpc) is 2.24. The van der Waals surface area contributed by atoms with Crippen LogP contribution in [0, 0.1) is 6.92 Å². The van der Waals surface area contributed by atoms with Crippen LogP contribution < -0.4 is 5.73 Å². The van der Waals surface area contributed by atoms with Gasteiger partial charge >= 0.3 is 0 Å². The van der Waals surface area contributed by atoms with E-state index in [0.29, 0.717) is 5.75 Å². The fourth-order valence-corrected chi connectivity index (χ4v) is 2.05. The summed E-state index contributed by atoms with van der Waals surface area (Å²) in [5, 5.41) is 10.2. The molecule has 1 aromatic carbocycles. The molecular formula is C14H24N2O. The Hall–Kier alpha value is -1.06. The van der Waals surface area contributed by atoms with E-state index in [1.165, 1.54) is 5.56 Å². The standard InChI is InChI=1S/C14H24N2O/c1-11-8-12(6-4-5-7-15)14(17)13(9-11)10-16(2)3/h8-9,17H,4-7,10,15H2,1-3H3. The molecule has 0 radical (unpaired) electrons. The number of aromatic hydroxyl groups is 1. The maximum absolute atomic E-state index is 10.2. The molecule has 0 aromatic heterocycles. The molecule has 96 valence electrons. The van der Waals surface area contributed by atoms with E-state index in [-0.39, 0.29) is 0 Å². The number of unbranched alkanes of at least 4 members (excludes halogenated alkanes) is 1. The molecule has 3 nitrogen and oxygen atoms in total. The summed E-state index contributed by atoms with van der Waals surface area (Å²) in [5.74, 6) is 0.460. The summed E-state index contributed by atoms with van der Waals surface area (Å²) >= 11 is 0. The van der Waals surface area contributed by atoms with Crippen molar-refractivity contribution in [3.8, 4) is 5.75 Å². The first-order valence-electron chi connectivity index (χ1n) is 6.20. The lowest BCUT2D eigenvalue weighted by molar-refractivity contribution is 0.384. The second-order valence-electron chi connectivity index (χ2n) is 4.92. The van der Waals surface area contributed by atoms with Crippen LogP contribution in [-0.2, 0) is 13.0 Å². The highest BCUT2D eigenvalue weighted by Crippen LogP contribution is 2.26. The molecule has 0 spiro atoms. The Morgan fingerprint density at radius 2 is 1.82 bits per heavy atom. The summed E-state index contributed by atoms with van der Waals surface area (Å²) in [6, 6.07) is 4.13. The van der Waals surface area contributed by atoms with Gasteiger partial charge in [0.15, 0.2) is 0 Å². The van der Waals surface area contributed by atoms with E-state index in [4.69, 9.17) is 5.73 Å². The minimum atomic E-state index is 0.460. The summed E-state index contributed by atoms with van der Waals surface area (Å²) in [6.07, 6.45) is 2.95. The number of nitrogens with two attached hydrogens (primary N) is 1. The van der Waals surface area contributed by atoms with Gasteiger partial charge in [-0.25, -0.2) is 0 Å². The molecule has 0 atom stereocenters. The summed E-state index contributed by atoms with van der Waals surface area (Å²) in [4.78, 5) is 2.07. The summed E-state index contributed by atoms with van der Waals surface area (Å²) in [6.45, 7) is 3.57. The maximum atomic E-state index is 10.2. The van der Waals surface area contributed by atoms with E-state index < -0.39 is 0 Å². The van der Waals surface area contributed by atoms with Crippen LogP contribution >= 0.6 is 0 Å². The number of nitrogens with zero attached hydrogens (tertiary/aromatic N) is 1. The van der Waals surface area contributed by atoms with Gasteiger partial charge in [-0.3, -0.25) is 0 Å². The van der Waals surface area contributed by atoms with Crippen molar-refractivity contribution in [1.29, 1.82) is 0 Å². The molecule has 0 bridgehead atoms. The number of hydrogen-bond acceptors (Lipinski definition) is 3. The number of hydrogen-bond donors (Lipinski definition) is 2. The number of benzene rings is 1. The SMILES string of the molecule is Cc1cc(CCCCN)c(O)c(CN(C)C)c1. The van der Waals surface area contributed by atoms with Crippen LogP contribution in [0.2, 0.25) is 0 Å². The zero-order valence-corrected chi connectivity index (χ0v) is 11.2. The minimum absolute atomic E-state index is 0.460. The fraction of sp³-hybridized carbons (Fsp3) is 0.571. The molecule has 0 aliphatic rings. The van der Waals surface area contributed by atoms with Crippen molar-refractivity contribution in [2.75, 3.05) is 20.6 Å². The van der Waals surface area contributed by atoms with Crippen molar-refractivity contribution >= 4 is 0 Å². The lowest BCUT2D eigenvalue weighted by Gasteiger charge is -2.15. The predicted molar refractivity (Wildman–Crippen MR) is 72.2 cm³/mol. The molecule has 0 saturated heterocycles. The Kier molecular flexibility index (Phi) is 5.45. The highest BCUT2D eigenvalue weighted by atomic mass is 16.3. The fourth-order valence-electron chi connectivity index (χ4n) is 2.05. The zero-order valence-electron chi connectivity index (χ0n) is 11.2. The zero-order chi connectivity index (χ0) is 12.8. The molecule has 0 aliphatic heterocycles. The Morgan fingerprint density at radius 3 is 2.41 bits per heavy atom. The first kappa shape index (κ1) is 14.0. The third-order valence-corrected chi connectivity index (χ3v) is 2.80. The van der Waals surface area contributed by atoms with Crippen molar-refractivity contribution in [3.05, 3.63) is 28.8 Å². The van der Waals surface area contributed by atoms with E-state index >= 15 is 0 Å². The Morgan fingerprint density at radius 1 is 1.18 bits per heavy atom. The quantitative estimate of drug-likeness (QED) is 0.743. The van der Waals surface area contributed by atoms with E-state index in [1.807, 2.05) is 14.1 Å². The Balaban J connectivity index is 2.85. The van der Waals surface area contributed by atoms with Crippen LogP contribution in [0.3, 0.4) is 0 Å². The lowest BCUT2D eigenvalue weighted by Crippen LogP contribution is -2.11. The molecule has 1 aromatic rings. The Labute approximate surface area is 104 Å². The largest absolute Gasteiger partial charge is 0.507 e. The lowest BCUT2D eigenvalue weighted by atomic mass is 10.00. The van der Waals surface area contributed by atoms with Crippen molar-refractivity contribution < 1.29 is 5.11 Å². The molecule has 3 heteroatoms. The van der Waals surface area contributed by atoms with Crippen LogP contribution in [0.1, 0.15) is 29.5 Å². The highest BCUT2D eigenvalue weighted by molar-refractivity contribution is 5.43. The first-order chi connectivity index (χ1) is 8.04. The second kappa shape index (κ2) is 6.62. The van der Waals surface area contributed by atoms with Crippen molar-refractivity contribution in [2.24, 2.45) is 5.73 Å². The van der Waals surface area contributed by atoms with Crippen LogP contribution in [0.4, 0.5) is 0 Å². The Bertz CT molecular complexity index is 361. The maximum Gasteiger partial charge on any atom is 0.123 e. The van der Waals surface area contributed by atoms with E-state index in [2.05, 4.69) is 24.0 Å². The molecular weight excluding hydrogens is 212 g/mol. The van der Waals surface area contributed by atoms with Gasteiger partial charge in [0, 0.05) is 12.1 Å². The number of aryl methyl sites for hydroxylation is 2. The predicted octanol–water partition coefficient (Wildman–Crippen LogP) is 2.04. The molecule has 0 heterocycles. The number of phenolic OH excluding ortho intramolecular Hbond substituents is 1. The van der Waals surface area contributed by atoms with Crippen molar-refractivity contribution in [2.45, 2.75) is 32.7 Å². The van der Waals surface area contributed by atoms with Gasteiger partial charge in [0.05, 0.1) is 0 Å². The van der Waals surface area contributed by atoms with Gasteiger partial charge in [0.1, 0.15) is 5.75 Å². The molecule has 0 amide bonds. The normalized spacial score (nSPS) is 11.1. The van der Waals surface area contributed by atoms with Gasteiger partial charge < -0.3 is 15.7 Å². The van der Waals surface area contributed by atoms with Gasteiger partial charge in [0.25, 0.3) is 0 Å². The van der Waals surface area contributed by atoms with Gasteiger partial charge in [-0.1, -0.05) is 17.7 Å². The molecule has 0 aliphatic carbocycles. The molecule has 3 N–H and O–H groups in total. The highest BCUT2D eigenvalue weighted by Gasteiger charge is 2.09. The van der Waals surface area contributed by atoms with E-state index in [1.54, 1.807) is 0 Å².